The van der Waals surface area contributed by atoms with Crippen molar-refractivity contribution >= 4 is 29.1 Å². The van der Waals surface area contributed by atoms with E-state index in [1.807, 2.05) is 13.8 Å². The van der Waals surface area contributed by atoms with Crippen LogP contribution in [0.5, 0.6) is 0 Å². The van der Waals surface area contributed by atoms with Crippen LogP contribution in [0, 0.1) is 13.8 Å². The third-order valence-corrected chi connectivity index (χ3v) is 4.81. The van der Waals surface area contributed by atoms with Crippen molar-refractivity contribution in [2.75, 3.05) is 5.32 Å². The van der Waals surface area contributed by atoms with E-state index in [4.69, 9.17) is 4.74 Å². The van der Waals surface area contributed by atoms with Crippen LogP contribution >= 0.6 is 0 Å². The summed E-state index contributed by atoms with van der Waals surface area (Å²) in [6, 6.07) is 6.68. The number of aromatic nitrogens is 4. The summed E-state index contributed by atoms with van der Waals surface area (Å²) in [4.78, 5) is 44.8. The second-order valence-electron chi connectivity index (χ2n) is 6.96. The number of rotatable bonds is 7. The predicted molar refractivity (Wildman–Crippen MR) is 109 cm³/mol. The van der Waals surface area contributed by atoms with Crippen molar-refractivity contribution in [2.24, 2.45) is 0 Å². The topological polar surface area (TPSA) is 116 Å². The summed E-state index contributed by atoms with van der Waals surface area (Å²) < 4.78 is 6.89. The van der Waals surface area contributed by atoms with Crippen LogP contribution < -0.4 is 5.32 Å². The average Bonchev–Trinajstić information content (AvgIpc) is 3.16. The normalized spacial score (nSPS) is 11.9. The van der Waals surface area contributed by atoms with E-state index < -0.39 is 18.0 Å². The van der Waals surface area contributed by atoms with Gasteiger partial charge in [-0.2, -0.15) is 10.1 Å². The van der Waals surface area contributed by atoms with Crippen LogP contribution in [0.4, 0.5) is 5.69 Å². The minimum atomic E-state index is -1.00. The second kappa shape index (κ2) is 8.81. The van der Waals surface area contributed by atoms with Gasteiger partial charge in [-0.3, -0.25) is 14.4 Å². The van der Waals surface area contributed by atoms with Crippen LogP contribution in [0.3, 0.4) is 0 Å². The molecule has 1 N–H and O–H groups in total. The molecule has 0 fully saturated rings. The third-order valence-electron chi connectivity index (χ3n) is 4.81. The molecule has 3 aromatic rings. The number of benzene rings is 1. The van der Waals surface area contributed by atoms with Crippen molar-refractivity contribution < 1.29 is 19.1 Å². The molecule has 0 aliphatic carbocycles. The zero-order valence-electron chi connectivity index (χ0n) is 17.3. The Labute approximate surface area is 173 Å². The maximum atomic E-state index is 12.4. The van der Waals surface area contributed by atoms with Crippen molar-refractivity contribution in [3.05, 3.63) is 53.1 Å². The maximum absolute atomic E-state index is 12.4. The molecule has 30 heavy (non-hydrogen) atoms. The Morgan fingerprint density at radius 1 is 1.20 bits per heavy atom. The molecule has 156 valence electrons. The molecule has 3 rings (SSSR count). The van der Waals surface area contributed by atoms with Gasteiger partial charge in [0.05, 0.1) is 5.69 Å². The number of aryl methyl sites for hydroxylation is 2. The van der Waals surface area contributed by atoms with Gasteiger partial charge in [0.1, 0.15) is 6.33 Å². The molecule has 0 radical (unpaired) electrons. The largest absolute Gasteiger partial charge is 0.453 e. The molecule has 9 heteroatoms. The molecule has 1 amide bonds. The summed E-state index contributed by atoms with van der Waals surface area (Å²) >= 11 is 0. The summed E-state index contributed by atoms with van der Waals surface area (Å²) in [5.74, 6) is -0.670. The Morgan fingerprint density at radius 3 is 2.67 bits per heavy atom. The molecule has 9 nitrogen and oxygen atoms in total. The Morgan fingerprint density at radius 2 is 1.93 bits per heavy atom. The van der Waals surface area contributed by atoms with Gasteiger partial charge in [0, 0.05) is 23.4 Å². The van der Waals surface area contributed by atoms with Gasteiger partial charge >= 0.3 is 5.97 Å². The van der Waals surface area contributed by atoms with Crippen LogP contribution in [-0.2, 0) is 20.7 Å². The van der Waals surface area contributed by atoms with Gasteiger partial charge in [-0.15, -0.1) is 0 Å². The molecule has 0 spiro atoms. The number of ether oxygens (including phenoxy) is 1. The Bertz CT molecular complexity index is 1120. The van der Waals surface area contributed by atoms with E-state index in [1.54, 1.807) is 28.8 Å². The summed E-state index contributed by atoms with van der Waals surface area (Å²) in [6.45, 7) is 6.65. The van der Waals surface area contributed by atoms with Crippen LogP contribution in [0.25, 0.3) is 5.78 Å². The number of esters is 1. The van der Waals surface area contributed by atoms with E-state index in [2.05, 4.69) is 20.4 Å². The van der Waals surface area contributed by atoms with Gasteiger partial charge in [-0.05, 0) is 51.8 Å². The average molecular weight is 409 g/mol. The van der Waals surface area contributed by atoms with E-state index in [-0.39, 0.29) is 12.2 Å². The monoisotopic (exact) mass is 409 g/mol. The highest BCUT2D eigenvalue weighted by molar-refractivity contribution is 6.04. The standard InChI is InChI=1S/C21H23N5O4/c1-12-16(13(2)26-21(24-12)22-11-23-26)9-10-19(28)30-15(4)20(29)25-18-8-6-5-7-17(18)14(3)27/h5-8,11,15H,9-10H2,1-4H3,(H,25,29)/t15-/m1/s1. The quantitative estimate of drug-likeness (QED) is 0.471. The number of amides is 1. The molecule has 0 saturated heterocycles. The molecule has 0 saturated carbocycles. The minimum absolute atomic E-state index is 0.0885. The van der Waals surface area contributed by atoms with Crippen LogP contribution in [0.2, 0.25) is 0 Å². The van der Waals surface area contributed by atoms with Crippen LogP contribution in [-0.4, -0.2) is 43.3 Å². The van der Waals surface area contributed by atoms with E-state index in [0.717, 1.165) is 17.0 Å². The SMILES string of the molecule is CC(=O)c1ccccc1NC(=O)[C@@H](C)OC(=O)CCc1c(C)nc2ncnn2c1C. The molecule has 1 aromatic carbocycles. The molecule has 1 atom stereocenters. The van der Waals surface area contributed by atoms with Gasteiger partial charge in [0.25, 0.3) is 11.7 Å². The van der Waals surface area contributed by atoms with Gasteiger partial charge < -0.3 is 10.1 Å². The Balaban J connectivity index is 1.60. The first-order chi connectivity index (χ1) is 14.3. The number of carbonyl (C=O) groups is 3. The molecular weight excluding hydrogens is 386 g/mol. The van der Waals surface area contributed by atoms with Crippen LogP contribution in [0.15, 0.2) is 30.6 Å². The minimum Gasteiger partial charge on any atom is -0.453 e. The van der Waals surface area contributed by atoms with Gasteiger partial charge in [-0.1, -0.05) is 12.1 Å². The molecule has 0 aliphatic heterocycles. The first-order valence-corrected chi connectivity index (χ1v) is 9.54. The number of hydrogen-bond donors (Lipinski definition) is 1. The lowest BCUT2D eigenvalue weighted by Gasteiger charge is -2.15. The molecule has 0 bridgehead atoms. The number of carbonyl (C=O) groups excluding carboxylic acids is 3. The van der Waals surface area contributed by atoms with Crippen molar-refractivity contribution in [3.8, 4) is 0 Å². The number of nitrogens with zero attached hydrogens (tertiary/aromatic N) is 4. The lowest BCUT2D eigenvalue weighted by atomic mass is 10.1. The number of ketones is 1. The van der Waals surface area contributed by atoms with E-state index >= 15 is 0 Å². The fourth-order valence-corrected chi connectivity index (χ4v) is 3.19. The maximum Gasteiger partial charge on any atom is 0.306 e. The molecular formula is C21H23N5O4. The number of hydrogen-bond acceptors (Lipinski definition) is 7. The number of anilines is 1. The number of para-hydroxylation sites is 1. The van der Waals surface area contributed by atoms with E-state index in [9.17, 15) is 14.4 Å². The van der Waals surface area contributed by atoms with Crippen molar-refractivity contribution in [3.63, 3.8) is 0 Å². The molecule has 0 aliphatic rings. The lowest BCUT2D eigenvalue weighted by Crippen LogP contribution is -2.30. The van der Waals surface area contributed by atoms with Gasteiger partial charge in [0.15, 0.2) is 11.9 Å². The van der Waals surface area contributed by atoms with E-state index in [0.29, 0.717) is 23.4 Å². The highest BCUT2D eigenvalue weighted by Gasteiger charge is 2.20. The molecule has 2 heterocycles. The van der Waals surface area contributed by atoms with Crippen LogP contribution in [0.1, 0.15) is 47.6 Å². The summed E-state index contributed by atoms with van der Waals surface area (Å²) in [5, 5.41) is 6.77. The zero-order valence-corrected chi connectivity index (χ0v) is 17.3. The fraction of sp³-hybridized carbons (Fsp3) is 0.333. The fourth-order valence-electron chi connectivity index (χ4n) is 3.19. The van der Waals surface area contributed by atoms with Crippen molar-refractivity contribution in [1.82, 2.24) is 19.6 Å². The van der Waals surface area contributed by atoms with Gasteiger partial charge in [0.2, 0.25) is 0 Å². The predicted octanol–water partition coefficient (Wildman–Crippen LogP) is 2.45. The Hall–Kier alpha value is -3.62. The first-order valence-electron chi connectivity index (χ1n) is 9.54. The molecule has 0 unspecified atom stereocenters. The second-order valence-corrected chi connectivity index (χ2v) is 6.96. The van der Waals surface area contributed by atoms with Gasteiger partial charge in [-0.25, -0.2) is 9.50 Å². The molecule has 2 aromatic heterocycles. The highest BCUT2D eigenvalue weighted by Crippen LogP contribution is 2.17. The lowest BCUT2D eigenvalue weighted by molar-refractivity contribution is -0.153. The number of fused-ring (bicyclic) bond motifs is 1. The number of Topliss-reactive ketones (excluding diaryl/α,β-unsaturated/α-hetero) is 1. The summed E-state index contributed by atoms with van der Waals surface area (Å²) in [7, 11) is 0. The summed E-state index contributed by atoms with van der Waals surface area (Å²) in [6.07, 6.45) is 0.916. The number of nitrogens with one attached hydrogen (secondary N) is 1. The van der Waals surface area contributed by atoms with Crippen molar-refractivity contribution in [2.45, 2.75) is 46.6 Å². The van der Waals surface area contributed by atoms with Crippen molar-refractivity contribution in [1.29, 1.82) is 0 Å². The first kappa shape index (κ1) is 21.1. The third kappa shape index (κ3) is 4.51. The Kier molecular flexibility index (Phi) is 6.20. The zero-order chi connectivity index (χ0) is 21.8. The highest BCUT2D eigenvalue weighted by atomic mass is 16.5. The smallest absolute Gasteiger partial charge is 0.306 e. The summed E-state index contributed by atoms with van der Waals surface area (Å²) in [5.41, 5.74) is 3.29. The van der Waals surface area contributed by atoms with E-state index in [1.165, 1.54) is 20.2 Å².